The Balaban J connectivity index is 1.87. The molecule has 0 bridgehead atoms. The fourth-order valence-electron chi connectivity index (χ4n) is 2.67. The van der Waals surface area contributed by atoms with Crippen molar-refractivity contribution in [2.45, 2.75) is 19.4 Å². The number of nitrogens with zero attached hydrogens (tertiary/aromatic N) is 2. The molecule has 4 rings (SSSR count). The highest BCUT2D eigenvalue weighted by molar-refractivity contribution is 6.31. The molecule has 0 aliphatic heterocycles. The molecule has 1 fully saturated rings. The standard InChI is InChI=1S/C16H13ClN2O3/c17-10-3-4-14-11(5-10)12(7-19(14)6-9-1-2-9)15-18-13(8-22-15)16(20)21/h3-5,7-9H,1-2,6H2,(H,20,21). The first-order valence-electron chi connectivity index (χ1n) is 7.09. The molecule has 1 aromatic carbocycles. The van der Waals surface area contributed by atoms with E-state index >= 15 is 0 Å². The van der Waals surface area contributed by atoms with Crippen LogP contribution in [0, 0.1) is 5.92 Å². The molecule has 2 heterocycles. The number of halogens is 1. The van der Waals surface area contributed by atoms with Gasteiger partial charge in [-0.25, -0.2) is 9.78 Å². The number of carboxylic acids is 1. The number of carboxylic acid groups (broad SMARTS) is 1. The minimum atomic E-state index is -1.10. The Hall–Kier alpha value is -2.27. The number of aromatic carboxylic acids is 1. The molecule has 1 saturated carbocycles. The number of fused-ring (bicyclic) bond motifs is 1. The summed E-state index contributed by atoms with van der Waals surface area (Å²) < 4.78 is 7.52. The summed E-state index contributed by atoms with van der Waals surface area (Å²) >= 11 is 6.11. The van der Waals surface area contributed by atoms with Crippen molar-refractivity contribution in [3.8, 4) is 11.5 Å². The summed E-state index contributed by atoms with van der Waals surface area (Å²) in [6.07, 6.45) is 5.64. The van der Waals surface area contributed by atoms with Crippen LogP contribution in [0.1, 0.15) is 23.3 Å². The largest absolute Gasteiger partial charge is 0.476 e. The second-order valence-corrected chi connectivity index (χ2v) is 6.08. The molecule has 3 aromatic rings. The lowest BCUT2D eigenvalue weighted by Gasteiger charge is -2.03. The Morgan fingerprint density at radius 1 is 1.45 bits per heavy atom. The zero-order valence-electron chi connectivity index (χ0n) is 11.6. The Labute approximate surface area is 131 Å². The molecule has 0 saturated heterocycles. The maximum absolute atomic E-state index is 11.0. The van der Waals surface area contributed by atoms with E-state index in [1.54, 1.807) is 0 Å². The zero-order valence-corrected chi connectivity index (χ0v) is 12.4. The number of oxazole rings is 1. The van der Waals surface area contributed by atoms with Gasteiger partial charge < -0.3 is 14.1 Å². The molecule has 0 spiro atoms. The van der Waals surface area contributed by atoms with Gasteiger partial charge in [0.05, 0.1) is 5.56 Å². The van der Waals surface area contributed by atoms with Crippen molar-refractivity contribution in [2.24, 2.45) is 5.92 Å². The van der Waals surface area contributed by atoms with Crippen LogP contribution in [0.25, 0.3) is 22.4 Å². The van der Waals surface area contributed by atoms with Crippen molar-refractivity contribution in [3.63, 3.8) is 0 Å². The summed E-state index contributed by atoms with van der Waals surface area (Å²) in [7, 11) is 0. The van der Waals surface area contributed by atoms with Gasteiger partial charge in [-0.2, -0.15) is 0 Å². The number of benzene rings is 1. The first-order valence-corrected chi connectivity index (χ1v) is 7.47. The van der Waals surface area contributed by atoms with Gasteiger partial charge in [0.25, 0.3) is 0 Å². The van der Waals surface area contributed by atoms with Crippen LogP contribution in [0.4, 0.5) is 0 Å². The third kappa shape index (κ3) is 2.27. The lowest BCUT2D eigenvalue weighted by Crippen LogP contribution is -1.97. The predicted molar refractivity (Wildman–Crippen MR) is 82.1 cm³/mol. The van der Waals surface area contributed by atoms with E-state index in [1.807, 2.05) is 24.4 Å². The first kappa shape index (κ1) is 13.4. The molecule has 22 heavy (non-hydrogen) atoms. The molecular formula is C16H13ClN2O3. The maximum atomic E-state index is 11.0. The smallest absolute Gasteiger partial charge is 0.357 e. The lowest BCUT2D eigenvalue weighted by atomic mass is 10.2. The Bertz CT molecular complexity index is 877. The Kier molecular flexibility index (Phi) is 2.97. The van der Waals surface area contributed by atoms with Crippen molar-refractivity contribution >= 4 is 28.5 Å². The van der Waals surface area contributed by atoms with E-state index in [2.05, 4.69) is 9.55 Å². The van der Waals surface area contributed by atoms with Gasteiger partial charge in [0.2, 0.25) is 5.89 Å². The fraction of sp³-hybridized carbons (Fsp3) is 0.250. The van der Waals surface area contributed by atoms with E-state index in [9.17, 15) is 4.79 Å². The molecule has 1 aliphatic rings. The van der Waals surface area contributed by atoms with Gasteiger partial charge in [-0.1, -0.05) is 11.6 Å². The van der Waals surface area contributed by atoms with Crippen LogP contribution < -0.4 is 0 Å². The van der Waals surface area contributed by atoms with E-state index in [4.69, 9.17) is 21.1 Å². The summed E-state index contributed by atoms with van der Waals surface area (Å²) in [5.41, 5.74) is 1.73. The molecule has 1 aliphatic carbocycles. The van der Waals surface area contributed by atoms with Crippen LogP contribution >= 0.6 is 11.6 Å². The van der Waals surface area contributed by atoms with Gasteiger partial charge in [-0.15, -0.1) is 0 Å². The van der Waals surface area contributed by atoms with Crippen LogP contribution in [-0.4, -0.2) is 20.6 Å². The third-order valence-corrected chi connectivity index (χ3v) is 4.18. The number of aromatic nitrogens is 2. The van der Waals surface area contributed by atoms with Gasteiger partial charge in [0, 0.05) is 28.7 Å². The van der Waals surface area contributed by atoms with E-state index < -0.39 is 5.97 Å². The molecule has 6 heteroatoms. The van der Waals surface area contributed by atoms with E-state index in [0.29, 0.717) is 10.9 Å². The highest BCUT2D eigenvalue weighted by Crippen LogP contribution is 2.36. The quantitative estimate of drug-likeness (QED) is 0.788. The average Bonchev–Trinajstić information content (AvgIpc) is 3.04. The summed E-state index contributed by atoms with van der Waals surface area (Å²) in [6, 6.07) is 5.69. The monoisotopic (exact) mass is 316 g/mol. The summed E-state index contributed by atoms with van der Waals surface area (Å²) in [5.74, 6) is -0.0766. The normalized spacial score (nSPS) is 14.6. The van der Waals surface area contributed by atoms with Gasteiger partial charge in [-0.3, -0.25) is 0 Å². The summed E-state index contributed by atoms with van der Waals surface area (Å²) in [6.45, 7) is 0.949. The van der Waals surface area contributed by atoms with Crippen molar-refractivity contribution in [1.82, 2.24) is 9.55 Å². The summed E-state index contributed by atoms with van der Waals surface area (Å²) in [4.78, 5) is 15.0. The molecule has 0 radical (unpaired) electrons. The predicted octanol–water partition coefficient (Wildman–Crippen LogP) is 4.06. The van der Waals surface area contributed by atoms with Gasteiger partial charge in [-0.05, 0) is 37.0 Å². The van der Waals surface area contributed by atoms with Crippen LogP contribution in [0.15, 0.2) is 35.1 Å². The topological polar surface area (TPSA) is 68.3 Å². The first-order chi connectivity index (χ1) is 10.6. The number of carbonyl (C=O) groups is 1. The highest BCUT2D eigenvalue weighted by atomic mass is 35.5. The SMILES string of the molecule is O=C(O)c1coc(-c2cn(CC3CC3)c3ccc(Cl)cc23)n1. The molecule has 5 nitrogen and oxygen atoms in total. The second-order valence-electron chi connectivity index (χ2n) is 5.64. The second kappa shape index (κ2) is 4.88. The molecule has 2 aromatic heterocycles. The number of hydrogen-bond acceptors (Lipinski definition) is 3. The minimum absolute atomic E-state index is 0.0971. The lowest BCUT2D eigenvalue weighted by molar-refractivity contribution is 0.0690. The van der Waals surface area contributed by atoms with Crippen molar-refractivity contribution in [3.05, 3.63) is 41.4 Å². The van der Waals surface area contributed by atoms with Crippen LogP contribution in [-0.2, 0) is 6.54 Å². The van der Waals surface area contributed by atoms with Crippen LogP contribution in [0.5, 0.6) is 0 Å². The Morgan fingerprint density at radius 2 is 2.27 bits per heavy atom. The molecule has 1 N–H and O–H groups in total. The van der Waals surface area contributed by atoms with E-state index in [1.165, 1.54) is 12.8 Å². The number of rotatable bonds is 4. The van der Waals surface area contributed by atoms with Gasteiger partial charge in [0.15, 0.2) is 5.69 Å². The van der Waals surface area contributed by atoms with Gasteiger partial charge in [0.1, 0.15) is 6.26 Å². The van der Waals surface area contributed by atoms with E-state index in [0.717, 1.165) is 35.2 Å². The average molecular weight is 317 g/mol. The molecule has 0 atom stereocenters. The zero-order chi connectivity index (χ0) is 15.3. The van der Waals surface area contributed by atoms with E-state index in [-0.39, 0.29) is 5.69 Å². The summed E-state index contributed by atoms with van der Waals surface area (Å²) in [5, 5.41) is 10.5. The minimum Gasteiger partial charge on any atom is -0.476 e. The van der Waals surface area contributed by atoms with Crippen LogP contribution in [0.2, 0.25) is 5.02 Å². The molecule has 0 amide bonds. The van der Waals surface area contributed by atoms with Gasteiger partial charge >= 0.3 is 5.97 Å². The van der Waals surface area contributed by atoms with Crippen molar-refractivity contribution in [1.29, 1.82) is 0 Å². The third-order valence-electron chi connectivity index (χ3n) is 3.95. The van der Waals surface area contributed by atoms with Crippen LogP contribution in [0.3, 0.4) is 0 Å². The Morgan fingerprint density at radius 3 is 2.95 bits per heavy atom. The van der Waals surface area contributed by atoms with Crippen molar-refractivity contribution in [2.75, 3.05) is 0 Å². The molecule has 112 valence electrons. The molecular weight excluding hydrogens is 304 g/mol. The maximum Gasteiger partial charge on any atom is 0.357 e. The molecule has 0 unspecified atom stereocenters. The highest BCUT2D eigenvalue weighted by Gasteiger charge is 2.24. The van der Waals surface area contributed by atoms with Crippen molar-refractivity contribution < 1.29 is 14.3 Å². The fourth-order valence-corrected chi connectivity index (χ4v) is 2.84. The number of hydrogen-bond donors (Lipinski definition) is 1.